The highest BCUT2D eigenvalue weighted by Gasteiger charge is 2.14. The van der Waals surface area contributed by atoms with Gasteiger partial charge in [0.05, 0.1) is 6.04 Å². The lowest BCUT2D eigenvalue weighted by atomic mass is 10.0. The third kappa shape index (κ3) is 2.55. The minimum absolute atomic E-state index is 0.00602. The third-order valence-electron chi connectivity index (χ3n) is 2.68. The van der Waals surface area contributed by atoms with Gasteiger partial charge < -0.3 is 5.73 Å². The first kappa shape index (κ1) is 11.8. The second-order valence-electron chi connectivity index (χ2n) is 3.91. The van der Waals surface area contributed by atoms with Crippen LogP contribution >= 0.6 is 11.3 Å². The molecule has 86 valence electrons. The van der Waals surface area contributed by atoms with Gasteiger partial charge >= 0.3 is 0 Å². The molecular weight excluding hydrogens is 230 g/mol. The number of carbonyl (C=O) groups excluding carboxylic acids is 1. The fourth-order valence-corrected chi connectivity index (χ4v) is 2.69. The summed E-state index contributed by atoms with van der Waals surface area (Å²) in [5.41, 5.74) is 6.74. The summed E-state index contributed by atoms with van der Waals surface area (Å²) < 4.78 is 1.20. The monoisotopic (exact) mass is 243 g/mol. The van der Waals surface area contributed by atoms with Crippen molar-refractivity contribution in [2.24, 2.45) is 5.73 Å². The number of fused-ring (bicyclic) bond motifs is 1. The molecule has 2 aromatic rings. The van der Waals surface area contributed by atoms with E-state index in [-0.39, 0.29) is 5.78 Å². The van der Waals surface area contributed by atoms with Crippen LogP contribution in [0.1, 0.15) is 12.0 Å². The zero-order valence-corrected chi connectivity index (χ0v) is 10.2. The molecule has 1 heterocycles. The Labute approximate surface area is 104 Å². The maximum atomic E-state index is 11.8. The number of Topliss-reactive ketones (excluding diaryl/α,β-unsaturated/α-hetero) is 1. The summed E-state index contributed by atoms with van der Waals surface area (Å²) >= 11 is 1.65. The van der Waals surface area contributed by atoms with Crippen molar-refractivity contribution in [1.29, 1.82) is 0 Å². The first-order valence-electron chi connectivity index (χ1n) is 5.39. The Balaban J connectivity index is 2.19. The molecule has 1 aromatic carbocycles. The molecule has 0 aliphatic carbocycles. The highest BCUT2D eigenvalue weighted by Crippen LogP contribution is 2.26. The van der Waals surface area contributed by atoms with Crippen molar-refractivity contribution >= 4 is 27.2 Å². The van der Waals surface area contributed by atoms with Crippen molar-refractivity contribution in [1.82, 2.24) is 0 Å². The van der Waals surface area contributed by atoms with E-state index in [0.29, 0.717) is 12.8 Å². The van der Waals surface area contributed by atoms with Crippen LogP contribution in [-0.4, -0.2) is 11.8 Å². The van der Waals surface area contributed by atoms with Crippen LogP contribution < -0.4 is 5.73 Å². The van der Waals surface area contributed by atoms with E-state index in [1.807, 2.05) is 23.6 Å². The summed E-state index contributed by atoms with van der Waals surface area (Å²) in [6.07, 6.45) is 5.83. The standard InChI is InChI=1S/C14H13NOS/c1-2-5-12(15)13(16)8-10-9-17-14-7-4-3-6-11(10)14/h1,3-4,6-7,9,12H,5,8,15H2. The van der Waals surface area contributed by atoms with Crippen LogP contribution in [0, 0.1) is 12.3 Å². The van der Waals surface area contributed by atoms with Crippen LogP contribution in [0.15, 0.2) is 29.6 Å². The largest absolute Gasteiger partial charge is 0.321 e. The van der Waals surface area contributed by atoms with Gasteiger partial charge in [0.1, 0.15) is 0 Å². The van der Waals surface area contributed by atoms with Crippen molar-refractivity contribution in [2.75, 3.05) is 0 Å². The number of hydrogen-bond acceptors (Lipinski definition) is 3. The van der Waals surface area contributed by atoms with Crippen LogP contribution in [0.25, 0.3) is 10.1 Å². The average Bonchev–Trinajstić information content (AvgIpc) is 2.73. The van der Waals surface area contributed by atoms with E-state index in [1.54, 1.807) is 11.3 Å². The molecule has 2 rings (SSSR count). The number of ketones is 1. The molecular formula is C14H13NOS. The maximum absolute atomic E-state index is 11.8. The molecule has 0 radical (unpaired) electrons. The van der Waals surface area contributed by atoms with E-state index >= 15 is 0 Å². The zero-order valence-electron chi connectivity index (χ0n) is 9.35. The molecule has 1 aromatic heterocycles. The van der Waals surface area contributed by atoms with E-state index in [0.717, 1.165) is 10.9 Å². The van der Waals surface area contributed by atoms with E-state index in [4.69, 9.17) is 12.2 Å². The molecule has 0 saturated carbocycles. The molecule has 1 unspecified atom stereocenters. The summed E-state index contributed by atoms with van der Waals surface area (Å²) in [7, 11) is 0. The molecule has 2 N–H and O–H groups in total. The maximum Gasteiger partial charge on any atom is 0.154 e. The number of benzene rings is 1. The smallest absolute Gasteiger partial charge is 0.154 e. The van der Waals surface area contributed by atoms with Crippen molar-refractivity contribution in [3.05, 3.63) is 35.2 Å². The van der Waals surface area contributed by atoms with Crippen LogP contribution in [0.2, 0.25) is 0 Å². The van der Waals surface area contributed by atoms with Crippen LogP contribution in [0.5, 0.6) is 0 Å². The van der Waals surface area contributed by atoms with Gasteiger partial charge in [-0.3, -0.25) is 4.79 Å². The fraction of sp³-hybridized carbons (Fsp3) is 0.214. The predicted molar refractivity (Wildman–Crippen MR) is 72.0 cm³/mol. The normalized spacial score (nSPS) is 12.2. The third-order valence-corrected chi connectivity index (χ3v) is 3.69. The van der Waals surface area contributed by atoms with Gasteiger partial charge in [-0.15, -0.1) is 23.7 Å². The lowest BCUT2D eigenvalue weighted by molar-refractivity contribution is -0.119. The van der Waals surface area contributed by atoms with Crippen molar-refractivity contribution < 1.29 is 4.79 Å². The molecule has 3 heteroatoms. The number of hydrogen-bond donors (Lipinski definition) is 1. The second kappa shape index (κ2) is 5.13. The minimum Gasteiger partial charge on any atom is -0.321 e. The molecule has 1 atom stereocenters. The molecule has 17 heavy (non-hydrogen) atoms. The van der Waals surface area contributed by atoms with Crippen LogP contribution in [0.4, 0.5) is 0 Å². The Morgan fingerprint density at radius 3 is 3.00 bits per heavy atom. The summed E-state index contributed by atoms with van der Waals surface area (Å²) in [4.78, 5) is 11.8. The number of rotatable bonds is 4. The lowest BCUT2D eigenvalue weighted by Gasteiger charge is -2.06. The van der Waals surface area contributed by atoms with Crippen LogP contribution in [0.3, 0.4) is 0 Å². The van der Waals surface area contributed by atoms with E-state index < -0.39 is 6.04 Å². The van der Waals surface area contributed by atoms with E-state index in [9.17, 15) is 4.79 Å². The SMILES string of the molecule is C#CCC(N)C(=O)Cc1csc2ccccc12. The second-order valence-corrected chi connectivity index (χ2v) is 4.83. The van der Waals surface area contributed by atoms with Gasteiger partial charge in [0, 0.05) is 17.5 Å². The van der Waals surface area contributed by atoms with Gasteiger partial charge in [-0.05, 0) is 22.4 Å². The molecule has 0 saturated heterocycles. The summed E-state index contributed by atoms with van der Waals surface area (Å²) in [6, 6.07) is 7.51. The Kier molecular flexibility index (Phi) is 3.58. The van der Waals surface area contributed by atoms with Gasteiger partial charge in [-0.25, -0.2) is 0 Å². The summed E-state index contributed by atoms with van der Waals surface area (Å²) in [6.45, 7) is 0. The average molecular weight is 243 g/mol. The van der Waals surface area contributed by atoms with Gasteiger partial charge in [-0.1, -0.05) is 18.2 Å². The quantitative estimate of drug-likeness (QED) is 0.838. The van der Waals surface area contributed by atoms with Gasteiger partial charge in [0.2, 0.25) is 0 Å². The molecule has 2 nitrogen and oxygen atoms in total. The predicted octanol–water partition coefficient (Wildman–Crippen LogP) is 2.36. The van der Waals surface area contributed by atoms with E-state index in [2.05, 4.69) is 12.0 Å². The summed E-state index contributed by atoms with van der Waals surface area (Å²) in [5.74, 6) is 2.43. The lowest BCUT2D eigenvalue weighted by Crippen LogP contribution is -2.31. The number of thiophene rings is 1. The van der Waals surface area contributed by atoms with Crippen molar-refractivity contribution in [3.63, 3.8) is 0 Å². The van der Waals surface area contributed by atoms with Crippen LogP contribution in [-0.2, 0) is 11.2 Å². The number of terminal acetylenes is 1. The van der Waals surface area contributed by atoms with E-state index in [1.165, 1.54) is 4.70 Å². The van der Waals surface area contributed by atoms with Crippen molar-refractivity contribution in [3.8, 4) is 12.3 Å². The highest BCUT2D eigenvalue weighted by atomic mass is 32.1. The number of carbonyl (C=O) groups is 1. The number of nitrogens with two attached hydrogens (primary N) is 1. The molecule has 0 spiro atoms. The molecule has 0 fully saturated rings. The Morgan fingerprint density at radius 2 is 2.24 bits per heavy atom. The van der Waals surface area contributed by atoms with Gasteiger partial charge in [0.25, 0.3) is 0 Å². The molecule has 0 amide bonds. The Morgan fingerprint density at radius 1 is 1.47 bits per heavy atom. The summed E-state index contributed by atoms with van der Waals surface area (Å²) in [5, 5.41) is 3.16. The molecule has 0 bridgehead atoms. The topological polar surface area (TPSA) is 43.1 Å². The first-order chi connectivity index (χ1) is 8.22. The minimum atomic E-state index is -0.543. The molecule has 0 aliphatic rings. The zero-order chi connectivity index (χ0) is 12.3. The van der Waals surface area contributed by atoms with Crippen molar-refractivity contribution in [2.45, 2.75) is 18.9 Å². The Bertz CT molecular complexity index is 579. The molecule has 0 aliphatic heterocycles. The fourth-order valence-electron chi connectivity index (χ4n) is 1.73. The van der Waals surface area contributed by atoms with Gasteiger partial charge in [-0.2, -0.15) is 0 Å². The highest BCUT2D eigenvalue weighted by molar-refractivity contribution is 7.17. The Hall–Kier alpha value is -1.63. The van der Waals surface area contributed by atoms with Gasteiger partial charge in [0.15, 0.2) is 5.78 Å². The first-order valence-corrected chi connectivity index (χ1v) is 6.27.